The van der Waals surface area contributed by atoms with Crippen molar-refractivity contribution in [2.75, 3.05) is 6.61 Å². The molecule has 1 aliphatic rings. The number of aromatic nitrogens is 1. The van der Waals surface area contributed by atoms with Gasteiger partial charge in [-0.3, -0.25) is 0 Å². The lowest BCUT2D eigenvalue weighted by atomic mass is 10.2. The highest BCUT2D eigenvalue weighted by Gasteiger charge is 2.19. The van der Waals surface area contributed by atoms with Crippen molar-refractivity contribution in [1.82, 2.24) is 4.98 Å². The van der Waals surface area contributed by atoms with Crippen LogP contribution in [0.3, 0.4) is 0 Å². The molecule has 5 heteroatoms. The second kappa shape index (κ2) is 5.75. The van der Waals surface area contributed by atoms with E-state index in [9.17, 15) is 4.79 Å². The number of aliphatic hydroxyl groups is 1. The van der Waals surface area contributed by atoms with Gasteiger partial charge < -0.3 is 14.6 Å². The first-order valence-electron chi connectivity index (χ1n) is 5.68. The third kappa shape index (κ3) is 3.25. The summed E-state index contributed by atoms with van der Waals surface area (Å²) in [7, 11) is 0. The Bertz CT molecular complexity index is 371. The van der Waals surface area contributed by atoms with Crippen molar-refractivity contribution in [3.8, 4) is 0 Å². The zero-order chi connectivity index (χ0) is 12.1. The standard InChI is InChI=1S/C12H15NO4/c14-8-9-4-5-10(13-7-9)12(15)17-11-3-1-2-6-16-11/h4-5,7,11,14H,1-3,6,8H2. The normalized spacial score (nSPS) is 19.9. The van der Waals surface area contributed by atoms with Gasteiger partial charge in [-0.2, -0.15) is 0 Å². The van der Waals surface area contributed by atoms with Crippen LogP contribution in [0.4, 0.5) is 0 Å². The molecular weight excluding hydrogens is 222 g/mol. The van der Waals surface area contributed by atoms with Crippen LogP contribution in [0.2, 0.25) is 0 Å². The minimum Gasteiger partial charge on any atom is -0.431 e. The SMILES string of the molecule is O=C(OC1CCCCO1)c1ccc(CO)cn1. The average Bonchev–Trinajstić information content (AvgIpc) is 2.40. The number of nitrogens with zero attached hydrogens (tertiary/aromatic N) is 1. The third-order valence-corrected chi connectivity index (χ3v) is 2.59. The molecule has 1 saturated heterocycles. The van der Waals surface area contributed by atoms with Gasteiger partial charge in [-0.25, -0.2) is 9.78 Å². The van der Waals surface area contributed by atoms with Crippen molar-refractivity contribution in [2.24, 2.45) is 0 Å². The number of pyridine rings is 1. The maximum Gasteiger partial charge on any atom is 0.359 e. The Morgan fingerprint density at radius 3 is 3.00 bits per heavy atom. The third-order valence-electron chi connectivity index (χ3n) is 2.59. The molecule has 1 aliphatic heterocycles. The molecule has 2 heterocycles. The fourth-order valence-corrected chi connectivity index (χ4v) is 1.62. The lowest BCUT2D eigenvalue weighted by molar-refractivity contribution is -0.131. The Labute approximate surface area is 99.4 Å². The zero-order valence-corrected chi connectivity index (χ0v) is 9.46. The number of ether oxygens (including phenoxy) is 2. The van der Waals surface area contributed by atoms with Crippen LogP contribution in [0.1, 0.15) is 35.3 Å². The highest BCUT2D eigenvalue weighted by Crippen LogP contribution is 2.15. The fourth-order valence-electron chi connectivity index (χ4n) is 1.62. The van der Waals surface area contributed by atoms with Gasteiger partial charge in [0, 0.05) is 12.6 Å². The summed E-state index contributed by atoms with van der Waals surface area (Å²) in [5.74, 6) is -0.485. The molecule has 17 heavy (non-hydrogen) atoms. The number of rotatable bonds is 3. The van der Waals surface area contributed by atoms with Gasteiger partial charge in [0.05, 0.1) is 13.2 Å². The van der Waals surface area contributed by atoms with E-state index in [2.05, 4.69) is 4.98 Å². The van der Waals surface area contributed by atoms with Gasteiger partial charge in [-0.05, 0) is 24.5 Å². The van der Waals surface area contributed by atoms with E-state index in [1.165, 1.54) is 12.3 Å². The summed E-state index contributed by atoms with van der Waals surface area (Å²) in [4.78, 5) is 15.6. The number of esters is 1. The van der Waals surface area contributed by atoms with E-state index in [0.29, 0.717) is 12.2 Å². The first kappa shape index (κ1) is 12.0. The Kier molecular flexibility index (Phi) is 4.06. The van der Waals surface area contributed by atoms with E-state index in [-0.39, 0.29) is 12.3 Å². The van der Waals surface area contributed by atoms with Crippen LogP contribution >= 0.6 is 0 Å². The largest absolute Gasteiger partial charge is 0.431 e. The highest BCUT2D eigenvalue weighted by atomic mass is 16.7. The quantitative estimate of drug-likeness (QED) is 0.801. The van der Waals surface area contributed by atoms with Gasteiger partial charge in [-0.15, -0.1) is 0 Å². The maximum absolute atomic E-state index is 11.7. The van der Waals surface area contributed by atoms with Crippen LogP contribution in [0.15, 0.2) is 18.3 Å². The minimum absolute atomic E-state index is 0.0892. The number of hydrogen-bond donors (Lipinski definition) is 1. The summed E-state index contributed by atoms with van der Waals surface area (Å²) in [6, 6.07) is 3.18. The Balaban J connectivity index is 1.93. The van der Waals surface area contributed by atoms with Crippen LogP contribution in [-0.4, -0.2) is 29.0 Å². The van der Waals surface area contributed by atoms with Crippen molar-refractivity contribution >= 4 is 5.97 Å². The molecule has 0 amide bonds. The summed E-state index contributed by atoms with van der Waals surface area (Å²) >= 11 is 0. The number of carbonyl (C=O) groups is 1. The smallest absolute Gasteiger partial charge is 0.359 e. The molecule has 92 valence electrons. The predicted octanol–water partition coefficient (Wildman–Crippen LogP) is 1.26. The molecule has 0 spiro atoms. The Hall–Kier alpha value is -1.46. The number of hydrogen-bond acceptors (Lipinski definition) is 5. The van der Waals surface area contributed by atoms with Crippen LogP contribution in [0.25, 0.3) is 0 Å². The molecular formula is C12H15NO4. The van der Waals surface area contributed by atoms with Crippen LogP contribution in [0, 0.1) is 0 Å². The summed E-state index contributed by atoms with van der Waals surface area (Å²) in [5.41, 5.74) is 0.895. The maximum atomic E-state index is 11.7. The number of aliphatic hydroxyl groups excluding tert-OH is 1. The Morgan fingerprint density at radius 2 is 2.41 bits per heavy atom. The van der Waals surface area contributed by atoms with E-state index in [0.717, 1.165) is 19.3 Å². The molecule has 1 atom stereocenters. The fraction of sp³-hybridized carbons (Fsp3) is 0.500. The Morgan fingerprint density at radius 1 is 1.53 bits per heavy atom. The summed E-state index contributed by atoms with van der Waals surface area (Å²) < 4.78 is 10.5. The molecule has 0 aromatic carbocycles. The van der Waals surface area contributed by atoms with Crippen molar-refractivity contribution in [2.45, 2.75) is 32.2 Å². The van der Waals surface area contributed by atoms with Gasteiger partial charge in [0.1, 0.15) is 5.69 Å². The van der Waals surface area contributed by atoms with E-state index >= 15 is 0 Å². The first-order chi connectivity index (χ1) is 8.29. The summed E-state index contributed by atoms with van der Waals surface area (Å²) in [6.45, 7) is 0.545. The first-order valence-corrected chi connectivity index (χ1v) is 5.68. The lowest BCUT2D eigenvalue weighted by Gasteiger charge is -2.22. The van der Waals surface area contributed by atoms with Crippen molar-refractivity contribution < 1.29 is 19.4 Å². The molecule has 1 fully saturated rings. The number of carbonyl (C=O) groups excluding carboxylic acids is 1. The molecule has 1 aromatic heterocycles. The molecule has 1 unspecified atom stereocenters. The molecule has 0 bridgehead atoms. The molecule has 0 saturated carbocycles. The van der Waals surface area contributed by atoms with E-state index < -0.39 is 12.3 Å². The van der Waals surface area contributed by atoms with Gasteiger partial charge in [0.15, 0.2) is 0 Å². The molecule has 1 N–H and O–H groups in total. The van der Waals surface area contributed by atoms with Crippen LogP contribution in [0.5, 0.6) is 0 Å². The summed E-state index contributed by atoms with van der Waals surface area (Å²) in [5, 5.41) is 8.85. The predicted molar refractivity (Wildman–Crippen MR) is 59.2 cm³/mol. The van der Waals surface area contributed by atoms with Crippen molar-refractivity contribution in [3.05, 3.63) is 29.6 Å². The van der Waals surface area contributed by atoms with Crippen LogP contribution < -0.4 is 0 Å². The second-order valence-electron chi connectivity index (χ2n) is 3.91. The highest BCUT2D eigenvalue weighted by molar-refractivity contribution is 5.87. The molecule has 1 aromatic rings. The van der Waals surface area contributed by atoms with E-state index in [1.807, 2.05) is 0 Å². The van der Waals surface area contributed by atoms with E-state index in [4.69, 9.17) is 14.6 Å². The van der Waals surface area contributed by atoms with E-state index in [1.54, 1.807) is 6.07 Å². The average molecular weight is 237 g/mol. The molecule has 0 radical (unpaired) electrons. The van der Waals surface area contributed by atoms with Gasteiger partial charge in [-0.1, -0.05) is 6.07 Å². The molecule has 2 rings (SSSR count). The lowest BCUT2D eigenvalue weighted by Crippen LogP contribution is -2.25. The topological polar surface area (TPSA) is 68.7 Å². The summed E-state index contributed by atoms with van der Waals surface area (Å²) in [6.07, 6.45) is 3.76. The van der Waals surface area contributed by atoms with Gasteiger partial charge in [0.2, 0.25) is 6.29 Å². The second-order valence-corrected chi connectivity index (χ2v) is 3.91. The zero-order valence-electron chi connectivity index (χ0n) is 9.46. The van der Waals surface area contributed by atoms with Crippen molar-refractivity contribution in [3.63, 3.8) is 0 Å². The monoisotopic (exact) mass is 237 g/mol. The molecule has 0 aliphatic carbocycles. The molecule has 5 nitrogen and oxygen atoms in total. The van der Waals surface area contributed by atoms with Crippen molar-refractivity contribution in [1.29, 1.82) is 0 Å². The van der Waals surface area contributed by atoms with Crippen LogP contribution in [-0.2, 0) is 16.1 Å². The minimum atomic E-state index is -0.485. The van der Waals surface area contributed by atoms with Gasteiger partial charge in [0.25, 0.3) is 0 Å². The van der Waals surface area contributed by atoms with Gasteiger partial charge >= 0.3 is 5.97 Å².